The summed E-state index contributed by atoms with van der Waals surface area (Å²) < 4.78 is 15.2. The third kappa shape index (κ3) is 2.99. The van der Waals surface area contributed by atoms with Gasteiger partial charge in [-0.3, -0.25) is 0 Å². The van der Waals surface area contributed by atoms with E-state index in [1.165, 1.54) is 0 Å². The Balaban J connectivity index is 1.38. The maximum Gasteiger partial charge on any atom is 0.269 e. The molecule has 27 heavy (non-hydrogen) atoms. The molecule has 0 atom stereocenters. The smallest absolute Gasteiger partial charge is 0.269 e. The average molecular weight is 365 g/mol. The summed E-state index contributed by atoms with van der Waals surface area (Å²) in [5, 5.41) is 16.7. The third-order valence-corrected chi connectivity index (χ3v) is 4.90. The van der Waals surface area contributed by atoms with Crippen molar-refractivity contribution >= 4 is 11.0 Å². The Labute approximate surface area is 155 Å². The van der Waals surface area contributed by atoms with Crippen LogP contribution in [0, 0.1) is 6.92 Å². The number of aryl methyl sites for hydroxylation is 1. The molecular weight excluding hydrogens is 346 g/mol. The minimum atomic E-state index is 0.308. The highest BCUT2D eigenvalue weighted by Crippen LogP contribution is 2.23. The molecule has 9 nitrogen and oxygen atoms in total. The average Bonchev–Trinajstić information content (AvgIpc) is 3.42. The molecule has 4 heterocycles. The van der Waals surface area contributed by atoms with Crippen LogP contribution >= 0.6 is 0 Å². The lowest BCUT2D eigenvalue weighted by Gasteiger charge is -2.21. The quantitative estimate of drug-likeness (QED) is 0.548. The monoisotopic (exact) mass is 365 g/mol. The van der Waals surface area contributed by atoms with Gasteiger partial charge in [0.2, 0.25) is 5.89 Å². The molecule has 1 aliphatic heterocycles. The van der Waals surface area contributed by atoms with Crippen molar-refractivity contribution in [1.82, 2.24) is 34.7 Å². The van der Waals surface area contributed by atoms with Crippen molar-refractivity contribution in [3.8, 4) is 11.6 Å². The second-order valence-corrected chi connectivity index (χ2v) is 6.66. The van der Waals surface area contributed by atoms with Crippen molar-refractivity contribution in [2.24, 2.45) is 0 Å². The molecule has 1 aliphatic rings. The number of fused-ring (bicyclic) bond motifs is 1. The molecule has 1 fully saturated rings. The minimum absolute atomic E-state index is 0.308. The molecule has 0 N–H and O–H groups in total. The number of hydrogen-bond donors (Lipinski definition) is 0. The summed E-state index contributed by atoms with van der Waals surface area (Å²) in [4.78, 5) is 4.57. The number of ether oxygens (including phenoxy) is 1. The van der Waals surface area contributed by atoms with Gasteiger partial charge in [0.15, 0.2) is 5.69 Å². The van der Waals surface area contributed by atoms with Crippen molar-refractivity contribution in [3.63, 3.8) is 0 Å². The fraction of sp³-hybridized carbons (Fsp3) is 0.389. The van der Waals surface area contributed by atoms with Crippen LogP contribution in [0.25, 0.3) is 22.6 Å². The van der Waals surface area contributed by atoms with Crippen LogP contribution in [0.3, 0.4) is 0 Å². The Hall–Kier alpha value is -3.07. The first kappa shape index (κ1) is 16.1. The van der Waals surface area contributed by atoms with Crippen molar-refractivity contribution in [2.75, 3.05) is 13.2 Å². The number of aromatic nitrogens is 7. The lowest BCUT2D eigenvalue weighted by Crippen LogP contribution is -2.19. The molecule has 1 aromatic carbocycles. The van der Waals surface area contributed by atoms with Crippen LogP contribution in [0.5, 0.6) is 0 Å². The number of imidazole rings is 1. The summed E-state index contributed by atoms with van der Waals surface area (Å²) in [6, 6.07) is 8.31. The van der Waals surface area contributed by atoms with Gasteiger partial charge in [-0.05, 0) is 31.9 Å². The number of benzene rings is 1. The van der Waals surface area contributed by atoms with Gasteiger partial charge in [-0.15, -0.1) is 15.3 Å². The van der Waals surface area contributed by atoms with Crippen molar-refractivity contribution < 1.29 is 9.15 Å². The Kier molecular flexibility index (Phi) is 3.93. The predicted octanol–water partition coefficient (Wildman–Crippen LogP) is 2.39. The molecule has 1 saturated heterocycles. The summed E-state index contributed by atoms with van der Waals surface area (Å²) in [5.74, 6) is 1.80. The van der Waals surface area contributed by atoms with Gasteiger partial charge in [-0.2, -0.15) is 0 Å². The Bertz CT molecular complexity index is 1070. The second kappa shape index (κ2) is 6.58. The third-order valence-electron chi connectivity index (χ3n) is 4.90. The topological polar surface area (TPSA) is 96.7 Å². The zero-order valence-electron chi connectivity index (χ0n) is 14.9. The van der Waals surface area contributed by atoms with Crippen LogP contribution in [0.15, 0.2) is 34.9 Å². The van der Waals surface area contributed by atoms with Crippen LogP contribution in [-0.4, -0.2) is 48.0 Å². The van der Waals surface area contributed by atoms with E-state index in [0.717, 1.165) is 42.9 Å². The lowest BCUT2D eigenvalue weighted by atomic mass is 10.1. The van der Waals surface area contributed by atoms with Gasteiger partial charge in [0.1, 0.15) is 12.4 Å². The molecule has 138 valence electrons. The van der Waals surface area contributed by atoms with E-state index in [0.29, 0.717) is 30.1 Å². The van der Waals surface area contributed by atoms with Gasteiger partial charge in [0, 0.05) is 13.2 Å². The highest BCUT2D eigenvalue weighted by molar-refractivity contribution is 5.75. The molecule has 0 amide bonds. The molecular formula is C18H19N7O2. The molecule has 0 spiro atoms. The molecule has 4 aromatic rings. The maximum atomic E-state index is 5.84. The first-order chi connectivity index (χ1) is 13.3. The van der Waals surface area contributed by atoms with E-state index in [4.69, 9.17) is 9.15 Å². The first-order valence-electron chi connectivity index (χ1n) is 9.02. The standard InChI is InChI=1S/C18H19N7O2/c1-12-19-14-4-2-3-5-16(14)24(12)11-17-21-22-18(27-17)15-10-25(23-20-15)13-6-8-26-9-7-13/h2-5,10,13H,6-9,11H2,1H3. The van der Waals surface area contributed by atoms with Crippen molar-refractivity contribution in [3.05, 3.63) is 42.2 Å². The highest BCUT2D eigenvalue weighted by Gasteiger charge is 2.20. The molecule has 0 bridgehead atoms. The fourth-order valence-corrected chi connectivity index (χ4v) is 3.45. The highest BCUT2D eigenvalue weighted by atomic mass is 16.5. The SMILES string of the molecule is Cc1nc2ccccc2n1Cc1nnc(-c2cn(C3CCOCC3)nn2)o1. The zero-order valence-corrected chi connectivity index (χ0v) is 14.9. The minimum Gasteiger partial charge on any atom is -0.417 e. The van der Waals surface area contributed by atoms with Gasteiger partial charge in [0.25, 0.3) is 5.89 Å². The van der Waals surface area contributed by atoms with E-state index in [1.807, 2.05) is 42.1 Å². The van der Waals surface area contributed by atoms with E-state index in [9.17, 15) is 0 Å². The summed E-state index contributed by atoms with van der Waals surface area (Å²) >= 11 is 0. The van der Waals surface area contributed by atoms with E-state index in [-0.39, 0.29) is 0 Å². The first-order valence-corrected chi connectivity index (χ1v) is 9.02. The molecule has 0 unspecified atom stereocenters. The molecule has 9 heteroatoms. The summed E-state index contributed by atoms with van der Waals surface area (Å²) in [5.41, 5.74) is 2.59. The number of rotatable bonds is 4. The van der Waals surface area contributed by atoms with E-state index < -0.39 is 0 Å². The maximum absolute atomic E-state index is 5.84. The van der Waals surface area contributed by atoms with Gasteiger partial charge >= 0.3 is 0 Å². The summed E-state index contributed by atoms with van der Waals surface area (Å²) in [7, 11) is 0. The van der Waals surface area contributed by atoms with Crippen LogP contribution in [0.1, 0.15) is 30.6 Å². The van der Waals surface area contributed by atoms with E-state index in [1.54, 1.807) is 0 Å². The van der Waals surface area contributed by atoms with Gasteiger partial charge in [-0.25, -0.2) is 9.67 Å². The molecule has 0 aliphatic carbocycles. The Morgan fingerprint density at radius 3 is 2.85 bits per heavy atom. The number of hydrogen-bond acceptors (Lipinski definition) is 7. The predicted molar refractivity (Wildman–Crippen MR) is 96.0 cm³/mol. The van der Waals surface area contributed by atoms with Gasteiger partial charge in [-0.1, -0.05) is 17.3 Å². The fourth-order valence-electron chi connectivity index (χ4n) is 3.45. The van der Waals surface area contributed by atoms with Crippen LogP contribution in [0.4, 0.5) is 0 Å². The lowest BCUT2D eigenvalue weighted by molar-refractivity contribution is 0.0657. The molecule has 5 rings (SSSR count). The van der Waals surface area contributed by atoms with Crippen LogP contribution in [-0.2, 0) is 11.3 Å². The Morgan fingerprint density at radius 2 is 1.96 bits per heavy atom. The molecule has 0 radical (unpaired) electrons. The number of para-hydroxylation sites is 2. The van der Waals surface area contributed by atoms with Gasteiger partial charge in [0.05, 0.1) is 23.3 Å². The van der Waals surface area contributed by atoms with Gasteiger partial charge < -0.3 is 13.7 Å². The summed E-state index contributed by atoms with van der Waals surface area (Å²) in [6.45, 7) is 3.94. The number of nitrogens with zero attached hydrogens (tertiary/aromatic N) is 7. The summed E-state index contributed by atoms with van der Waals surface area (Å²) in [6.07, 6.45) is 3.74. The van der Waals surface area contributed by atoms with E-state index >= 15 is 0 Å². The zero-order chi connectivity index (χ0) is 18.2. The largest absolute Gasteiger partial charge is 0.417 e. The van der Waals surface area contributed by atoms with Crippen LogP contribution in [0.2, 0.25) is 0 Å². The van der Waals surface area contributed by atoms with Crippen molar-refractivity contribution in [2.45, 2.75) is 32.4 Å². The van der Waals surface area contributed by atoms with Crippen molar-refractivity contribution in [1.29, 1.82) is 0 Å². The normalized spacial score (nSPS) is 15.6. The second-order valence-electron chi connectivity index (χ2n) is 6.66. The van der Waals surface area contributed by atoms with Crippen LogP contribution < -0.4 is 0 Å². The van der Waals surface area contributed by atoms with E-state index in [2.05, 4.69) is 30.1 Å². The Morgan fingerprint density at radius 1 is 1.11 bits per heavy atom. The molecule has 0 saturated carbocycles. The molecule has 3 aromatic heterocycles.